The van der Waals surface area contributed by atoms with Crippen LogP contribution in [0.3, 0.4) is 0 Å². The Balaban J connectivity index is -0.0000000736. The summed E-state index contributed by atoms with van der Waals surface area (Å²) in [4.78, 5) is 54.0. The van der Waals surface area contributed by atoms with Gasteiger partial charge in [-0.05, 0) is 22.7 Å². The van der Waals surface area contributed by atoms with Crippen molar-refractivity contribution in [3.63, 3.8) is 0 Å². The standard InChI is InChI=1S/C11H11O4.C9H8ClO.C9H10NO.C9H9O2.C9H11.5H3P.5Y/c1-7-4-8(2)6-9(5-7)10(12)15-11(13)14-3;3*1-6-3-7(2)5-8(4-6)9(10)11;1-7-4-8(2)6-9(3)5-7;;;;;;;;;;/h5-6H,1-3H3;4-5H,1-2H3;4-5H,1-2H3,(H2,10,11);4-5H,1-2H3,(H,10,11);4-5H,1-3H3;5*1H3;;;;;/q5*-1;;;;;;;;;;. The number of amides is 1. The summed E-state index contributed by atoms with van der Waals surface area (Å²) in [7, 11) is 1.14. The third-order valence-electron chi connectivity index (χ3n) is 7.17. The van der Waals surface area contributed by atoms with E-state index < -0.39 is 23.3 Å². The number of rotatable bonds is 4. The van der Waals surface area contributed by atoms with E-state index in [0.29, 0.717) is 22.3 Å². The topological polar surface area (TPSA) is 150 Å². The molecule has 5 rings (SSSR count). The number of carbonyl (C=O) groups is 5. The van der Waals surface area contributed by atoms with Crippen LogP contribution in [-0.4, -0.2) is 41.5 Å². The Hall–Kier alpha value is 1.61. The molecule has 0 aliphatic rings. The Morgan fingerprint density at radius 3 is 0.910 bits per heavy atom. The smallest absolute Gasteiger partial charge is 0.479 e. The average molecular weight is 1410 g/mol. The summed E-state index contributed by atoms with van der Waals surface area (Å²) in [6.45, 7) is 21.1. The first-order valence-corrected chi connectivity index (χ1v) is 17.9. The molecule has 0 aliphatic carbocycles. The van der Waals surface area contributed by atoms with Crippen molar-refractivity contribution >= 4 is 90.3 Å². The average Bonchev–Trinajstić information content (AvgIpc) is 3.07. The monoisotopic (exact) mass is 1400 g/mol. The van der Waals surface area contributed by atoms with E-state index in [-0.39, 0.29) is 219 Å². The number of carbonyl (C=O) groups excluding carboxylic acids is 4. The molecule has 0 bridgehead atoms. The van der Waals surface area contributed by atoms with Gasteiger partial charge in [-0.3, -0.25) is 9.59 Å². The minimum Gasteiger partial charge on any atom is -0.479 e. The molecule has 357 valence electrons. The molecule has 5 radical (unpaired) electrons. The van der Waals surface area contributed by atoms with E-state index in [9.17, 15) is 24.0 Å². The van der Waals surface area contributed by atoms with Crippen molar-refractivity contribution in [3.05, 3.63) is 174 Å². The van der Waals surface area contributed by atoms with Gasteiger partial charge in [-0.25, -0.2) is 14.4 Å². The number of nitrogens with two attached hydrogens (primary N) is 1. The van der Waals surface area contributed by atoms with E-state index in [1.54, 1.807) is 48.5 Å². The van der Waals surface area contributed by atoms with Gasteiger partial charge >= 0.3 is 18.1 Å². The Kier molecular flexibility index (Phi) is 66.1. The number of aryl methyl sites for hydroxylation is 11. The summed E-state index contributed by atoms with van der Waals surface area (Å²) in [5.41, 5.74) is 17.7. The number of hydrogen-bond acceptors (Lipinski definition) is 7. The van der Waals surface area contributed by atoms with E-state index in [2.05, 4.69) is 72.7 Å². The minimum atomic E-state index is -1.01. The number of hydrogen-bond donors (Lipinski definition) is 2. The van der Waals surface area contributed by atoms with Gasteiger partial charge < -0.3 is 20.3 Å². The third-order valence-corrected chi connectivity index (χ3v) is 7.39. The van der Waals surface area contributed by atoms with E-state index in [1.807, 2.05) is 55.4 Å². The number of methoxy groups -OCH3 is 1. The van der Waals surface area contributed by atoms with Crippen molar-refractivity contribution < 1.29 is 202 Å². The summed E-state index contributed by atoms with van der Waals surface area (Å²) >= 11 is 5.29. The molecule has 1 amide bonds. The molecule has 0 spiro atoms. The molecule has 20 heteroatoms. The second-order valence-electron chi connectivity index (χ2n) is 13.3. The molecule has 5 unspecified atom stereocenters. The quantitative estimate of drug-likeness (QED) is 0.0594. The number of primary amides is 1. The van der Waals surface area contributed by atoms with Crippen molar-refractivity contribution in [2.75, 3.05) is 7.11 Å². The number of ether oxygens (including phenoxy) is 2. The van der Waals surface area contributed by atoms with Crippen LogP contribution in [0.4, 0.5) is 4.79 Å². The van der Waals surface area contributed by atoms with Gasteiger partial charge in [0.1, 0.15) is 0 Å². The zero-order chi connectivity index (χ0) is 43.6. The van der Waals surface area contributed by atoms with Crippen molar-refractivity contribution in [3.8, 4) is 0 Å². The molecule has 5 aromatic carbocycles. The molecule has 0 saturated heterocycles. The largest absolute Gasteiger partial charge is 0.516 e. The maximum Gasteiger partial charge on any atom is 0.516 e. The number of esters is 1. The molecule has 0 fully saturated rings. The molecule has 9 nitrogen and oxygen atoms in total. The van der Waals surface area contributed by atoms with Crippen LogP contribution in [0.15, 0.2) is 60.7 Å². The molecular weight excluding hydrogens is 1340 g/mol. The third kappa shape index (κ3) is 41.6. The minimum absolute atomic E-state index is 0. The normalized spacial score (nSPS) is 8.19. The van der Waals surface area contributed by atoms with Gasteiger partial charge in [0.25, 0.3) is 0 Å². The van der Waals surface area contributed by atoms with E-state index in [0.717, 1.165) is 51.6 Å². The van der Waals surface area contributed by atoms with Crippen LogP contribution in [0.5, 0.6) is 0 Å². The Morgan fingerprint density at radius 1 is 0.448 bits per heavy atom. The Bertz CT molecular complexity index is 1980. The molecule has 5 atom stereocenters. The van der Waals surface area contributed by atoms with Crippen LogP contribution < -0.4 is 5.73 Å². The first-order chi connectivity index (χ1) is 26.5. The Labute approximate surface area is 547 Å². The maximum absolute atomic E-state index is 11.4. The van der Waals surface area contributed by atoms with E-state index in [1.165, 1.54) is 16.7 Å². The zero-order valence-electron chi connectivity index (χ0n) is 41.0. The summed E-state index contributed by atoms with van der Waals surface area (Å²) in [5, 5.41) is 8.21. The number of halogens is 1. The second-order valence-corrected chi connectivity index (χ2v) is 13.6. The van der Waals surface area contributed by atoms with Crippen LogP contribution in [0.2, 0.25) is 0 Å². The molecule has 0 heterocycles. The van der Waals surface area contributed by atoms with Crippen LogP contribution in [0, 0.1) is 106 Å². The van der Waals surface area contributed by atoms with Gasteiger partial charge in [0.05, 0.1) is 7.11 Å². The SMILES string of the molecule is COC(=O)OC(=O)c1cc(C)[c-]c(C)c1.Cc1[c-]c(C)cc(C(=O)Cl)c1.Cc1[c-]c(C)cc(C(=O)O)c1.Cc1[c-]c(C)cc(C(N)=O)c1.Cc1[c-]c(C)cc(C)c1.P.P.P.P.P.[Y].[Y].[Y].[Y].[Y]. The number of carboxylic acids is 1. The van der Waals surface area contributed by atoms with Crippen molar-refractivity contribution in [2.45, 2.75) is 76.2 Å². The fourth-order valence-corrected chi connectivity index (χ4v) is 5.46. The fraction of sp³-hybridized carbons (Fsp3) is 0.255. The summed E-state index contributed by atoms with van der Waals surface area (Å²) in [5.74, 6) is -1.99. The summed E-state index contributed by atoms with van der Waals surface area (Å²) < 4.78 is 8.59. The van der Waals surface area contributed by atoms with Gasteiger partial charge in [0.15, 0.2) is 0 Å². The molecule has 3 N–H and O–H groups in total. The van der Waals surface area contributed by atoms with E-state index >= 15 is 0 Å². The maximum atomic E-state index is 11.4. The predicted molar refractivity (Wildman–Crippen MR) is 278 cm³/mol. The summed E-state index contributed by atoms with van der Waals surface area (Å²) in [6, 6.07) is 32.9. The van der Waals surface area contributed by atoms with Gasteiger partial charge in [-0.1, -0.05) is 87.3 Å². The van der Waals surface area contributed by atoms with Gasteiger partial charge in [-0.2, -0.15) is 202 Å². The second kappa shape index (κ2) is 48.5. The van der Waals surface area contributed by atoms with Gasteiger partial charge in [0.2, 0.25) is 11.1 Å². The van der Waals surface area contributed by atoms with E-state index in [4.69, 9.17) is 22.4 Å². The molecule has 67 heavy (non-hydrogen) atoms. The number of aromatic carboxylic acids is 1. The first-order valence-electron chi connectivity index (χ1n) is 17.5. The Morgan fingerprint density at radius 2 is 0.687 bits per heavy atom. The van der Waals surface area contributed by atoms with Crippen molar-refractivity contribution in [1.82, 2.24) is 0 Å². The zero-order valence-corrected chi connectivity index (χ0v) is 63.0. The van der Waals surface area contributed by atoms with Crippen molar-refractivity contribution in [2.24, 2.45) is 5.73 Å². The predicted octanol–water partition coefficient (Wildman–Crippen LogP) is 10.2. The van der Waals surface area contributed by atoms with Gasteiger partial charge in [-0.15, -0.1) is 0 Å². The van der Waals surface area contributed by atoms with Crippen LogP contribution in [0.1, 0.15) is 103 Å². The van der Waals surface area contributed by atoms with Crippen LogP contribution in [-0.2, 0) is 173 Å². The first kappa shape index (κ1) is 91.3. The molecule has 0 aliphatic heterocycles. The molecule has 0 saturated carbocycles. The van der Waals surface area contributed by atoms with Gasteiger partial charge in [0, 0.05) is 164 Å². The van der Waals surface area contributed by atoms with Crippen LogP contribution >= 0.6 is 61.1 Å². The summed E-state index contributed by atoms with van der Waals surface area (Å²) in [6.07, 6.45) is -1.01. The van der Waals surface area contributed by atoms with Crippen molar-refractivity contribution in [1.29, 1.82) is 0 Å². The number of benzene rings is 5. The van der Waals surface area contributed by atoms with Crippen LogP contribution in [0.25, 0.3) is 0 Å². The molecule has 5 aromatic rings. The molecular formula is C47H64ClNO8P5Y5-5. The fourth-order valence-electron chi connectivity index (χ4n) is 5.35. The molecule has 0 aromatic heterocycles. The number of carboxylic acid groups (broad SMARTS) is 1.